The molecule has 1 saturated heterocycles. The molecule has 28 heavy (non-hydrogen) atoms. The zero-order valence-corrected chi connectivity index (χ0v) is 17.0. The van der Waals surface area contributed by atoms with Gasteiger partial charge in [0.15, 0.2) is 5.82 Å². The van der Waals surface area contributed by atoms with Crippen molar-refractivity contribution in [2.75, 3.05) is 26.7 Å². The van der Waals surface area contributed by atoms with Crippen LogP contribution < -0.4 is 5.32 Å². The van der Waals surface area contributed by atoms with Crippen LogP contribution in [0, 0.1) is 19.7 Å². The largest absolute Gasteiger partial charge is 0.339 e. The van der Waals surface area contributed by atoms with Crippen LogP contribution in [0.3, 0.4) is 0 Å². The monoisotopic (exact) mass is 406 g/mol. The Bertz CT molecular complexity index is 939. The molecule has 0 radical (unpaired) electrons. The van der Waals surface area contributed by atoms with Gasteiger partial charge in [0.2, 0.25) is 5.89 Å². The first kappa shape index (κ1) is 20.4. The fraction of sp³-hybridized carbons (Fsp3) is 0.421. The lowest BCUT2D eigenvalue weighted by atomic mass is 10.1. The lowest BCUT2D eigenvalue weighted by Gasteiger charge is -2.30. The number of nitrogens with zero attached hydrogens (tertiary/aromatic N) is 5. The molecule has 9 heteroatoms. The van der Waals surface area contributed by atoms with Crippen molar-refractivity contribution in [2.45, 2.75) is 26.3 Å². The summed E-state index contributed by atoms with van der Waals surface area (Å²) in [5.74, 6) is 1.02. The van der Waals surface area contributed by atoms with Crippen molar-refractivity contribution in [3.05, 3.63) is 58.7 Å². The average molecular weight is 407 g/mol. The number of benzene rings is 1. The van der Waals surface area contributed by atoms with Crippen molar-refractivity contribution < 1.29 is 8.91 Å². The van der Waals surface area contributed by atoms with Gasteiger partial charge in [-0.1, -0.05) is 5.16 Å². The number of hydrogen-bond acceptors (Lipinski definition) is 6. The van der Waals surface area contributed by atoms with E-state index < -0.39 is 0 Å². The summed E-state index contributed by atoms with van der Waals surface area (Å²) in [6.07, 6.45) is 0.524. The van der Waals surface area contributed by atoms with Gasteiger partial charge in [-0.25, -0.2) is 9.07 Å². The molecule has 1 unspecified atom stereocenters. The van der Waals surface area contributed by atoms with Crippen LogP contribution in [0.5, 0.6) is 0 Å². The minimum absolute atomic E-state index is 0. The summed E-state index contributed by atoms with van der Waals surface area (Å²) in [5, 5.41) is 12.1. The van der Waals surface area contributed by atoms with Gasteiger partial charge < -0.3 is 9.84 Å². The molecular weight excluding hydrogens is 383 g/mol. The zero-order chi connectivity index (χ0) is 19.0. The molecule has 0 spiro atoms. The van der Waals surface area contributed by atoms with Crippen LogP contribution in [0.15, 0.2) is 28.8 Å². The van der Waals surface area contributed by atoms with E-state index >= 15 is 0 Å². The van der Waals surface area contributed by atoms with Crippen LogP contribution in [0.2, 0.25) is 0 Å². The Morgan fingerprint density at radius 3 is 2.71 bits per heavy atom. The molecule has 4 rings (SSSR count). The summed E-state index contributed by atoms with van der Waals surface area (Å²) in [7, 11) is 2.07. The first-order valence-corrected chi connectivity index (χ1v) is 9.07. The second kappa shape index (κ2) is 8.38. The SMILES string of the molecule is Cc1nn(-c2ccc(F)cc2)c(C)c1Cc1nc(C2CNCCN2C)no1.Cl. The molecule has 0 saturated carbocycles. The quantitative estimate of drug-likeness (QED) is 0.718. The topological polar surface area (TPSA) is 72.0 Å². The van der Waals surface area contributed by atoms with Crippen LogP contribution in [-0.2, 0) is 6.42 Å². The van der Waals surface area contributed by atoms with Gasteiger partial charge in [-0.2, -0.15) is 10.1 Å². The number of aryl methyl sites for hydroxylation is 1. The van der Waals surface area contributed by atoms with Crippen LogP contribution in [0.4, 0.5) is 4.39 Å². The molecule has 0 bridgehead atoms. The summed E-state index contributed by atoms with van der Waals surface area (Å²) in [5.41, 5.74) is 3.75. The van der Waals surface area contributed by atoms with E-state index in [2.05, 4.69) is 32.5 Å². The Labute approximate surface area is 169 Å². The van der Waals surface area contributed by atoms with Crippen molar-refractivity contribution in [1.29, 1.82) is 0 Å². The maximum atomic E-state index is 13.2. The number of aromatic nitrogens is 4. The minimum atomic E-state index is -0.263. The van der Waals surface area contributed by atoms with Crippen molar-refractivity contribution in [3.63, 3.8) is 0 Å². The molecule has 2 aromatic heterocycles. The molecule has 1 fully saturated rings. The molecule has 0 amide bonds. The van der Waals surface area contributed by atoms with E-state index in [-0.39, 0.29) is 24.3 Å². The molecule has 1 aliphatic rings. The first-order valence-electron chi connectivity index (χ1n) is 9.07. The number of rotatable bonds is 4. The smallest absolute Gasteiger partial charge is 0.231 e. The Kier molecular flexibility index (Phi) is 6.12. The fourth-order valence-electron chi connectivity index (χ4n) is 3.49. The van der Waals surface area contributed by atoms with Crippen LogP contribution in [0.1, 0.15) is 34.7 Å². The number of halogens is 2. The molecule has 3 heterocycles. The summed E-state index contributed by atoms with van der Waals surface area (Å²) in [4.78, 5) is 6.84. The lowest BCUT2D eigenvalue weighted by Crippen LogP contribution is -2.44. The van der Waals surface area contributed by atoms with E-state index in [1.165, 1.54) is 12.1 Å². The predicted molar refractivity (Wildman–Crippen MR) is 106 cm³/mol. The second-order valence-electron chi connectivity index (χ2n) is 6.96. The Morgan fingerprint density at radius 1 is 1.25 bits per heavy atom. The fourth-order valence-corrected chi connectivity index (χ4v) is 3.49. The molecular formula is C19H24ClFN6O. The van der Waals surface area contributed by atoms with E-state index in [9.17, 15) is 4.39 Å². The first-order chi connectivity index (χ1) is 13.0. The average Bonchev–Trinajstić information content (AvgIpc) is 3.23. The van der Waals surface area contributed by atoms with E-state index in [4.69, 9.17) is 4.52 Å². The Hall–Kier alpha value is -2.29. The molecule has 150 valence electrons. The van der Waals surface area contributed by atoms with Gasteiger partial charge in [-0.15, -0.1) is 12.4 Å². The molecule has 1 aliphatic heterocycles. The van der Waals surface area contributed by atoms with Crippen molar-refractivity contribution >= 4 is 12.4 Å². The van der Waals surface area contributed by atoms with E-state index in [0.29, 0.717) is 18.1 Å². The van der Waals surface area contributed by atoms with Crippen LogP contribution in [0.25, 0.3) is 5.69 Å². The molecule has 3 aromatic rings. The molecule has 1 aromatic carbocycles. The predicted octanol–water partition coefficient (Wildman–Crippen LogP) is 2.60. The third-order valence-corrected chi connectivity index (χ3v) is 5.13. The zero-order valence-electron chi connectivity index (χ0n) is 16.1. The van der Waals surface area contributed by atoms with Gasteiger partial charge in [0.1, 0.15) is 5.82 Å². The number of likely N-dealkylation sites (N-methyl/N-ethyl adjacent to an activating group) is 1. The maximum Gasteiger partial charge on any atom is 0.231 e. The lowest BCUT2D eigenvalue weighted by molar-refractivity contribution is 0.190. The summed E-state index contributed by atoms with van der Waals surface area (Å²) >= 11 is 0. The van der Waals surface area contributed by atoms with Gasteiger partial charge in [-0.3, -0.25) is 4.90 Å². The third kappa shape index (κ3) is 3.94. The highest BCUT2D eigenvalue weighted by atomic mass is 35.5. The van der Waals surface area contributed by atoms with Crippen LogP contribution in [-0.4, -0.2) is 51.5 Å². The Morgan fingerprint density at radius 2 is 2.00 bits per heavy atom. The van der Waals surface area contributed by atoms with Gasteiger partial charge in [0, 0.05) is 30.9 Å². The highest BCUT2D eigenvalue weighted by Crippen LogP contribution is 2.23. The highest BCUT2D eigenvalue weighted by Gasteiger charge is 2.26. The number of hydrogen-bond donors (Lipinski definition) is 1. The van der Waals surface area contributed by atoms with E-state index in [0.717, 1.165) is 42.3 Å². The second-order valence-corrected chi connectivity index (χ2v) is 6.96. The van der Waals surface area contributed by atoms with Crippen LogP contribution >= 0.6 is 12.4 Å². The minimum Gasteiger partial charge on any atom is -0.339 e. The van der Waals surface area contributed by atoms with E-state index in [1.807, 2.05) is 18.5 Å². The normalized spacial score (nSPS) is 17.5. The Balaban J connectivity index is 0.00000225. The number of piperazine rings is 1. The van der Waals surface area contributed by atoms with Gasteiger partial charge in [-0.05, 0) is 45.2 Å². The van der Waals surface area contributed by atoms with Crippen molar-refractivity contribution in [3.8, 4) is 5.69 Å². The maximum absolute atomic E-state index is 13.2. The van der Waals surface area contributed by atoms with E-state index in [1.54, 1.807) is 12.1 Å². The van der Waals surface area contributed by atoms with Gasteiger partial charge in [0.05, 0.1) is 23.8 Å². The molecule has 7 nitrogen and oxygen atoms in total. The highest BCUT2D eigenvalue weighted by molar-refractivity contribution is 5.85. The molecule has 1 atom stereocenters. The van der Waals surface area contributed by atoms with Crippen molar-refractivity contribution in [2.24, 2.45) is 0 Å². The van der Waals surface area contributed by atoms with Gasteiger partial charge >= 0.3 is 0 Å². The summed E-state index contributed by atoms with van der Waals surface area (Å²) in [6, 6.07) is 6.43. The standard InChI is InChI=1S/C19H23FN6O.ClH/c1-12-16(13(2)26(23-12)15-6-4-14(20)5-7-15)10-18-22-19(24-27-18)17-11-21-8-9-25(17)3;/h4-7,17,21H,8-11H2,1-3H3;1H. The third-order valence-electron chi connectivity index (χ3n) is 5.13. The van der Waals surface area contributed by atoms with Gasteiger partial charge in [0.25, 0.3) is 0 Å². The number of nitrogens with one attached hydrogen (secondary N) is 1. The summed E-state index contributed by atoms with van der Waals surface area (Å²) in [6.45, 7) is 6.69. The molecule has 1 N–H and O–H groups in total. The molecule has 0 aliphatic carbocycles. The van der Waals surface area contributed by atoms with Crippen molar-refractivity contribution in [1.82, 2.24) is 30.1 Å². The summed E-state index contributed by atoms with van der Waals surface area (Å²) < 4.78 is 20.5.